The van der Waals surface area contributed by atoms with Crippen molar-refractivity contribution >= 4 is 22.9 Å². The Morgan fingerprint density at radius 1 is 1.25 bits per heavy atom. The fraction of sp³-hybridized carbons (Fsp3) is 0.357. The van der Waals surface area contributed by atoms with Crippen LogP contribution in [0.5, 0.6) is 11.5 Å². The predicted octanol–water partition coefficient (Wildman–Crippen LogP) is 3.15. The second-order valence-electron chi connectivity index (χ2n) is 4.17. The molecule has 2 rings (SSSR count). The number of hydrogen-bond donors (Lipinski definition) is 1. The van der Waals surface area contributed by atoms with Crippen LogP contribution in [0.15, 0.2) is 24.4 Å². The van der Waals surface area contributed by atoms with E-state index in [0.717, 1.165) is 40.4 Å². The molecule has 1 aromatic carbocycles. The second kappa shape index (κ2) is 7.47. The Morgan fingerprint density at radius 2 is 2.05 bits per heavy atom. The highest BCUT2D eigenvalue weighted by atomic mass is 35.5. The third kappa shape index (κ3) is 4.10. The van der Waals surface area contributed by atoms with Crippen LogP contribution < -0.4 is 14.8 Å². The first-order valence-electron chi connectivity index (χ1n) is 6.24. The van der Waals surface area contributed by atoms with E-state index in [1.807, 2.05) is 18.2 Å². The third-order valence-corrected chi connectivity index (χ3v) is 3.95. The van der Waals surface area contributed by atoms with Crippen LogP contribution in [0.4, 0.5) is 0 Å². The van der Waals surface area contributed by atoms with Crippen LogP contribution in [-0.2, 0) is 13.0 Å². The molecule has 4 nitrogen and oxygen atoms in total. The highest BCUT2D eigenvalue weighted by Gasteiger charge is 2.04. The molecule has 0 fully saturated rings. The van der Waals surface area contributed by atoms with E-state index in [9.17, 15) is 0 Å². The molecule has 6 heteroatoms. The predicted molar refractivity (Wildman–Crippen MR) is 82.1 cm³/mol. The van der Waals surface area contributed by atoms with Crippen LogP contribution in [0.3, 0.4) is 0 Å². The summed E-state index contributed by atoms with van der Waals surface area (Å²) in [4.78, 5) is 4.20. The number of rotatable bonds is 7. The van der Waals surface area contributed by atoms with Gasteiger partial charge in [-0.1, -0.05) is 17.7 Å². The summed E-state index contributed by atoms with van der Waals surface area (Å²) in [7, 11) is 3.28. The standard InChI is InChI=1S/C14H17ClN2O2S/c1-18-11-4-3-10(7-12(11)19-2)5-6-16-9-14-17-8-13(15)20-14/h3-4,7-8,16H,5-6,9H2,1-2H3. The molecule has 1 aromatic heterocycles. The molecule has 0 aliphatic heterocycles. The molecule has 0 aliphatic carbocycles. The van der Waals surface area contributed by atoms with Crippen molar-refractivity contribution in [2.75, 3.05) is 20.8 Å². The topological polar surface area (TPSA) is 43.4 Å². The van der Waals surface area contributed by atoms with Gasteiger partial charge in [0.25, 0.3) is 0 Å². The summed E-state index contributed by atoms with van der Waals surface area (Å²) in [6, 6.07) is 5.97. The molecule has 2 aromatic rings. The number of methoxy groups -OCH3 is 2. The van der Waals surface area contributed by atoms with Crippen LogP contribution in [0.2, 0.25) is 4.34 Å². The van der Waals surface area contributed by atoms with Gasteiger partial charge >= 0.3 is 0 Å². The number of nitrogens with one attached hydrogen (secondary N) is 1. The number of nitrogens with zero attached hydrogens (tertiary/aromatic N) is 1. The first-order chi connectivity index (χ1) is 9.72. The van der Waals surface area contributed by atoms with Crippen LogP contribution in [-0.4, -0.2) is 25.7 Å². The number of benzene rings is 1. The minimum absolute atomic E-state index is 0.724. The van der Waals surface area contributed by atoms with Gasteiger partial charge in [0.05, 0.1) is 20.4 Å². The third-order valence-electron chi connectivity index (χ3n) is 2.84. The molecule has 0 amide bonds. The van der Waals surface area contributed by atoms with E-state index in [0.29, 0.717) is 0 Å². The lowest BCUT2D eigenvalue weighted by atomic mass is 10.1. The van der Waals surface area contributed by atoms with Gasteiger partial charge in [-0.2, -0.15) is 0 Å². The smallest absolute Gasteiger partial charge is 0.160 e. The van der Waals surface area contributed by atoms with E-state index in [2.05, 4.69) is 10.3 Å². The van der Waals surface area contributed by atoms with Gasteiger partial charge in [-0.15, -0.1) is 11.3 Å². The maximum Gasteiger partial charge on any atom is 0.160 e. The summed E-state index contributed by atoms with van der Waals surface area (Å²) in [5.74, 6) is 1.51. The molecule has 0 unspecified atom stereocenters. The van der Waals surface area contributed by atoms with Gasteiger partial charge in [0.2, 0.25) is 0 Å². The average molecular weight is 313 g/mol. The van der Waals surface area contributed by atoms with Crippen molar-refractivity contribution < 1.29 is 9.47 Å². The van der Waals surface area contributed by atoms with E-state index in [1.54, 1.807) is 20.4 Å². The van der Waals surface area contributed by atoms with Gasteiger partial charge in [0.15, 0.2) is 11.5 Å². The zero-order valence-corrected chi connectivity index (χ0v) is 13.1. The Hall–Kier alpha value is -1.30. The number of halogens is 1. The van der Waals surface area contributed by atoms with E-state index in [-0.39, 0.29) is 0 Å². The Bertz CT molecular complexity index is 560. The Labute approximate surface area is 127 Å². The fourth-order valence-corrected chi connectivity index (χ4v) is 2.76. The highest BCUT2D eigenvalue weighted by Crippen LogP contribution is 2.27. The molecule has 0 radical (unpaired) electrons. The lowest BCUT2D eigenvalue weighted by Gasteiger charge is -2.09. The molecule has 0 spiro atoms. The number of thiazole rings is 1. The monoisotopic (exact) mass is 312 g/mol. The van der Waals surface area contributed by atoms with Gasteiger partial charge < -0.3 is 14.8 Å². The molecule has 0 atom stereocenters. The van der Waals surface area contributed by atoms with Crippen LogP contribution in [0.25, 0.3) is 0 Å². The van der Waals surface area contributed by atoms with Crippen LogP contribution in [0, 0.1) is 0 Å². The van der Waals surface area contributed by atoms with Crippen molar-refractivity contribution in [3.8, 4) is 11.5 Å². The lowest BCUT2D eigenvalue weighted by Crippen LogP contribution is -2.16. The Kier molecular flexibility index (Phi) is 5.64. The molecule has 20 heavy (non-hydrogen) atoms. The minimum atomic E-state index is 0.724. The number of hydrogen-bond acceptors (Lipinski definition) is 5. The van der Waals surface area contributed by atoms with E-state index in [4.69, 9.17) is 21.1 Å². The second-order valence-corrected chi connectivity index (χ2v) is 5.92. The molecule has 0 saturated carbocycles. The zero-order chi connectivity index (χ0) is 14.4. The van der Waals surface area contributed by atoms with Crippen LogP contribution >= 0.6 is 22.9 Å². The zero-order valence-electron chi connectivity index (χ0n) is 11.5. The first kappa shape index (κ1) is 15.1. The summed E-state index contributed by atoms with van der Waals surface area (Å²) in [5.41, 5.74) is 1.20. The van der Waals surface area contributed by atoms with Gasteiger partial charge in [0, 0.05) is 6.54 Å². The molecule has 1 heterocycles. The van der Waals surface area contributed by atoms with Crippen molar-refractivity contribution in [1.29, 1.82) is 0 Å². The molecule has 0 bridgehead atoms. The average Bonchev–Trinajstić information content (AvgIpc) is 2.89. The maximum atomic E-state index is 5.83. The molecule has 108 valence electrons. The molecule has 0 saturated heterocycles. The molecular weight excluding hydrogens is 296 g/mol. The van der Waals surface area contributed by atoms with Gasteiger partial charge in [-0.25, -0.2) is 4.98 Å². The van der Waals surface area contributed by atoms with Crippen molar-refractivity contribution in [2.24, 2.45) is 0 Å². The van der Waals surface area contributed by atoms with Gasteiger partial charge in [-0.3, -0.25) is 0 Å². The van der Waals surface area contributed by atoms with E-state index in [1.165, 1.54) is 16.9 Å². The molecule has 1 N–H and O–H groups in total. The van der Waals surface area contributed by atoms with Crippen molar-refractivity contribution in [3.63, 3.8) is 0 Å². The summed E-state index contributed by atoms with van der Waals surface area (Å²) < 4.78 is 11.2. The summed E-state index contributed by atoms with van der Waals surface area (Å²) in [6.07, 6.45) is 2.59. The SMILES string of the molecule is COc1ccc(CCNCc2ncc(Cl)s2)cc1OC. The van der Waals surface area contributed by atoms with E-state index < -0.39 is 0 Å². The van der Waals surface area contributed by atoms with E-state index >= 15 is 0 Å². The number of ether oxygens (including phenoxy) is 2. The van der Waals surface area contributed by atoms with Gasteiger partial charge in [-0.05, 0) is 30.7 Å². The fourth-order valence-electron chi connectivity index (χ4n) is 1.83. The molecular formula is C14H17ClN2O2S. The van der Waals surface area contributed by atoms with Crippen molar-refractivity contribution in [3.05, 3.63) is 39.3 Å². The minimum Gasteiger partial charge on any atom is -0.493 e. The maximum absolute atomic E-state index is 5.83. The normalized spacial score (nSPS) is 10.6. The Morgan fingerprint density at radius 3 is 2.70 bits per heavy atom. The largest absolute Gasteiger partial charge is 0.493 e. The molecule has 0 aliphatic rings. The lowest BCUT2D eigenvalue weighted by molar-refractivity contribution is 0.354. The first-order valence-corrected chi connectivity index (χ1v) is 7.44. The Balaban J connectivity index is 1.82. The number of aromatic nitrogens is 1. The quantitative estimate of drug-likeness (QED) is 0.798. The summed E-state index contributed by atoms with van der Waals surface area (Å²) in [5, 5.41) is 4.35. The van der Waals surface area contributed by atoms with Crippen molar-refractivity contribution in [1.82, 2.24) is 10.3 Å². The summed E-state index contributed by atoms with van der Waals surface area (Å²) >= 11 is 7.33. The highest BCUT2D eigenvalue weighted by molar-refractivity contribution is 7.15. The van der Waals surface area contributed by atoms with Gasteiger partial charge in [0.1, 0.15) is 9.34 Å². The summed E-state index contributed by atoms with van der Waals surface area (Å²) in [6.45, 7) is 1.61. The van der Waals surface area contributed by atoms with Crippen LogP contribution in [0.1, 0.15) is 10.6 Å². The van der Waals surface area contributed by atoms with Crippen molar-refractivity contribution in [2.45, 2.75) is 13.0 Å².